The monoisotopic (exact) mass is 329 g/mol. The molecule has 2 heterocycles. The number of aryl methyl sites for hydroxylation is 2. The number of likely N-dealkylation sites (tertiary alicyclic amines) is 1. The van der Waals surface area contributed by atoms with Gasteiger partial charge in [0.15, 0.2) is 0 Å². The van der Waals surface area contributed by atoms with Crippen molar-refractivity contribution in [3.8, 4) is 0 Å². The zero-order valence-corrected chi connectivity index (χ0v) is 13.2. The number of ether oxygens (including phenoxy) is 1. The van der Waals surface area contributed by atoms with Gasteiger partial charge < -0.3 is 4.74 Å². The van der Waals surface area contributed by atoms with Crippen molar-refractivity contribution < 1.29 is 9.53 Å². The van der Waals surface area contributed by atoms with Crippen molar-refractivity contribution in [3.05, 3.63) is 15.9 Å². The Morgan fingerprint density at radius 1 is 1.53 bits per heavy atom. The van der Waals surface area contributed by atoms with Crippen LogP contribution in [0.3, 0.4) is 0 Å². The van der Waals surface area contributed by atoms with Crippen molar-refractivity contribution in [1.82, 2.24) is 14.7 Å². The second-order valence-electron chi connectivity index (χ2n) is 4.97. The molecule has 1 aromatic rings. The van der Waals surface area contributed by atoms with E-state index in [-0.39, 0.29) is 12.0 Å². The fraction of sp³-hybridized carbons (Fsp3) is 0.692. The Morgan fingerprint density at radius 2 is 2.26 bits per heavy atom. The van der Waals surface area contributed by atoms with Gasteiger partial charge in [0.05, 0.1) is 23.0 Å². The highest BCUT2D eigenvalue weighted by Crippen LogP contribution is 2.25. The predicted molar refractivity (Wildman–Crippen MR) is 75.7 cm³/mol. The van der Waals surface area contributed by atoms with E-state index in [9.17, 15) is 4.79 Å². The molecule has 1 aliphatic heterocycles. The first-order valence-corrected chi connectivity index (χ1v) is 7.33. The molecule has 1 unspecified atom stereocenters. The molecule has 1 fully saturated rings. The molecule has 1 aromatic heterocycles. The van der Waals surface area contributed by atoms with Gasteiger partial charge in [-0.3, -0.25) is 14.4 Å². The topological polar surface area (TPSA) is 47.4 Å². The molecule has 19 heavy (non-hydrogen) atoms. The molecule has 0 aliphatic carbocycles. The number of methoxy groups -OCH3 is 1. The molecule has 2 rings (SSSR count). The highest BCUT2D eigenvalue weighted by atomic mass is 79.9. The first kappa shape index (κ1) is 14.5. The minimum atomic E-state index is -0.130. The summed E-state index contributed by atoms with van der Waals surface area (Å²) in [7, 11) is 3.39. The summed E-state index contributed by atoms with van der Waals surface area (Å²) in [5.74, 6) is -0.130. The normalized spacial score (nSPS) is 20.5. The summed E-state index contributed by atoms with van der Waals surface area (Å²) < 4.78 is 7.82. The van der Waals surface area contributed by atoms with Gasteiger partial charge in [-0.25, -0.2) is 0 Å². The van der Waals surface area contributed by atoms with Crippen LogP contribution in [0.2, 0.25) is 0 Å². The number of halogens is 1. The lowest BCUT2D eigenvalue weighted by Gasteiger charge is -2.33. The Labute approximate surface area is 122 Å². The Bertz CT molecular complexity index is 473. The van der Waals surface area contributed by atoms with Crippen LogP contribution in [0.25, 0.3) is 0 Å². The molecule has 5 nitrogen and oxygen atoms in total. The zero-order valence-electron chi connectivity index (χ0n) is 11.6. The van der Waals surface area contributed by atoms with Gasteiger partial charge in [0.1, 0.15) is 6.04 Å². The molecule has 106 valence electrons. The summed E-state index contributed by atoms with van der Waals surface area (Å²) in [6.45, 7) is 3.62. The molecule has 0 radical (unpaired) electrons. The van der Waals surface area contributed by atoms with Crippen LogP contribution >= 0.6 is 15.9 Å². The minimum Gasteiger partial charge on any atom is -0.468 e. The first-order chi connectivity index (χ1) is 9.04. The summed E-state index contributed by atoms with van der Waals surface area (Å²) in [6.07, 6.45) is 3.09. The number of hydrogen-bond acceptors (Lipinski definition) is 4. The number of nitrogens with zero attached hydrogens (tertiary/aromatic N) is 3. The number of esters is 1. The minimum absolute atomic E-state index is 0.124. The van der Waals surface area contributed by atoms with Gasteiger partial charge >= 0.3 is 5.97 Å². The first-order valence-electron chi connectivity index (χ1n) is 6.54. The standard InChI is InChI=1S/C13H20BrN3O2/c1-9-12(14)11(16(2)15-9)8-17-7-5-4-6-10(17)13(18)19-3/h10H,4-8H2,1-3H3. The number of hydrogen-bond donors (Lipinski definition) is 0. The number of piperidine rings is 1. The molecule has 0 N–H and O–H groups in total. The maximum Gasteiger partial charge on any atom is 0.323 e. The summed E-state index contributed by atoms with van der Waals surface area (Å²) in [4.78, 5) is 14.0. The molecular formula is C13H20BrN3O2. The van der Waals surface area contributed by atoms with E-state index in [0.717, 1.165) is 48.2 Å². The Kier molecular flexibility index (Phi) is 4.62. The average molecular weight is 330 g/mol. The van der Waals surface area contributed by atoms with Crippen molar-refractivity contribution in [3.63, 3.8) is 0 Å². The largest absolute Gasteiger partial charge is 0.468 e. The van der Waals surface area contributed by atoms with Crippen molar-refractivity contribution in [1.29, 1.82) is 0 Å². The number of rotatable bonds is 3. The van der Waals surface area contributed by atoms with Gasteiger partial charge in [-0.15, -0.1) is 0 Å². The SMILES string of the molecule is COC(=O)C1CCCCN1Cc1c(Br)c(C)nn1C. The zero-order chi connectivity index (χ0) is 14.0. The van der Waals surface area contributed by atoms with E-state index in [0.29, 0.717) is 0 Å². The van der Waals surface area contributed by atoms with Gasteiger partial charge in [0.25, 0.3) is 0 Å². The van der Waals surface area contributed by atoms with E-state index in [1.165, 1.54) is 7.11 Å². The van der Waals surface area contributed by atoms with Crippen molar-refractivity contribution in [2.24, 2.45) is 7.05 Å². The van der Waals surface area contributed by atoms with Crippen LogP contribution < -0.4 is 0 Å². The Morgan fingerprint density at radius 3 is 2.84 bits per heavy atom. The van der Waals surface area contributed by atoms with Gasteiger partial charge in [-0.05, 0) is 42.2 Å². The molecule has 0 bridgehead atoms. The van der Waals surface area contributed by atoms with Crippen LogP contribution in [0, 0.1) is 6.92 Å². The van der Waals surface area contributed by atoms with E-state index in [2.05, 4.69) is 25.9 Å². The van der Waals surface area contributed by atoms with Crippen LogP contribution in [0.1, 0.15) is 30.7 Å². The van der Waals surface area contributed by atoms with Crippen LogP contribution in [0.4, 0.5) is 0 Å². The van der Waals surface area contributed by atoms with Gasteiger partial charge in [-0.2, -0.15) is 5.10 Å². The summed E-state index contributed by atoms with van der Waals surface area (Å²) >= 11 is 3.58. The third-order valence-electron chi connectivity index (χ3n) is 3.70. The molecule has 0 aromatic carbocycles. The maximum atomic E-state index is 11.8. The molecule has 0 spiro atoms. The lowest BCUT2D eigenvalue weighted by atomic mass is 10.0. The predicted octanol–water partition coefficient (Wildman–Crippen LogP) is 2.02. The molecule has 0 saturated carbocycles. The number of carbonyl (C=O) groups excluding carboxylic acids is 1. The third-order valence-corrected chi connectivity index (χ3v) is 4.73. The van der Waals surface area contributed by atoms with Crippen LogP contribution in [0.5, 0.6) is 0 Å². The fourth-order valence-corrected chi connectivity index (χ4v) is 3.09. The lowest BCUT2D eigenvalue weighted by Crippen LogP contribution is -2.45. The lowest BCUT2D eigenvalue weighted by molar-refractivity contribution is -0.148. The fourth-order valence-electron chi connectivity index (χ4n) is 2.63. The van der Waals surface area contributed by atoms with Gasteiger partial charge in [-0.1, -0.05) is 6.42 Å². The van der Waals surface area contributed by atoms with Gasteiger partial charge in [0, 0.05) is 13.6 Å². The Hall–Kier alpha value is -0.880. The molecule has 1 saturated heterocycles. The molecule has 6 heteroatoms. The third kappa shape index (κ3) is 3.00. The maximum absolute atomic E-state index is 11.8. The van der Waals surface area contributed by atoms with E-state index in [4.69, 9.17) is 4.74 Å². The molecule has 0 amide bonds. The molecular weight excluding hydrogens is 310 g/mol. The molecule has 1 aliphatic rings. The highest BCUT2D eigenvalue weighted by Gasteiger charge is 2.30. The smallest absolute Gasteiger partial charge is 0.323 e. The van der Waals surface area contributed by atoms with E-state index >= 15 is 0 Å². The van der Waals surface area contributed by atoms with Crippen molar-refractivity contribution in [2.75, 3.05) is 13.7 Å². The summed E-state index contributed by atoms with van der Waals surface area (Å²) in [5.41, 5.74) is 2.08. The van der Waals surface area contributed by atoms with Gasteiger partial charge in [0.2, 0.25) is 0 Å². The van der Waals surface area contributed by atoms with Crippen LogP contribution in [-0.2, 0) is 23.1 Å². The van der Waals surface area contributed by atoms with Crippen molar-refractivity contribution >= 4 is 21.9 Å². The average Bonchev–Trinajstić information content (AvgIpc) is 2.65. The number of aromatic nitrogens is 2. The second kappa shape index (κ2) is 6.05. The number of carbonyl (C=O) groups is 1. The molecule has 1 atom stereocenters. The second-order valence-corrected chi connectivity index (χ2v) is 5.77. The van der Waals surface area contributed by atoms with Crippen LogP contribution in [-0.4, -0.2) is 40.3 Å². The summed E-state index contributed by atoms with van der Waals surface area (Å²) in [5, 5.41) is 4.39. The van der Waals surface area contributed by atoms with E-state index < -0.39 is 0 Å². The summed E-state index contributed by atoms with van der Waals surface area (Å²) in [6, 6.07) is -0.124. The van der Waals surface area contributed by atoms with E-state index in [1.54, 1.807) is 0 Å². The highest BCUT2D eigenvalue weighted by molar-refractivity contribution is 9.10. The Balaban J connectivity index is 2.17. The van der Waals surface area contributed by atoms with E-state index in [1.807, 2.05) is 18.7 Å². The quantitative estimate of drug-likeness (QED) is 0.796. The van der Waals surface area contributed by atoms with Crippen LogP contribution in [0.15, 0.2) is 4.47 Å². The van der Waals surface area contributed by atoms with Crippen molar-refractivity contribution in [2.45, 2.75) is 38.8 Å².